The van der Waals surface area contributed by atoms with Gasteiger partial charge in [0.2, 0.25) is 0 Å². The van der Waals surface area contributed by atoms with E-state index in [2.05, 4.69) is 68.4 Å². The molecule has 0 saturated heterocycles. The van der Waals surface area contributed by atoms with Crippen LogP contribution in [0.2, 0.25) is 0 Å². The maximum absolute atomic E-state index is 13.1. The number of fused-ring (bicyclic) bond motifs is 5. The number of carbonyl (C=O) groups is 1. The fourth-order valence-corrected chi connectivity index (χ4v) is 5.99. The third-order valence-corrected chi connectivity index (χ3v) is 8.00. The first-order valence-corrected chi connectivity index (χ1v) is 11.0. The van der Waals surface area contributed by atoms with Gasteiger partial charge in [-0.3, -0.25) is 4.79 Å². The van der Waals surface area contributed by atoms with Crippen LogP contribution in [0.25, 0.3) is 21.5 Å². The van der Waals surface area contributed by atoms with Crippen LogP contribution in [-0.4, -0.2) is 5.97 Å². The molecule has 2 heteroatoms. The summed E-state index contributed by atoms with van der Waals surface area (Å²) in [5, 5.41) is 4.94. The summed E-state index contributed by atoms with van der Waals surface area (Å²) >= 11 is 0. The monoisotopic (exact) mass is 386 g/mol. The van der Waals surface area contributed by atoms with Crippen molar-refractivity contribution >= 4 is 27.5 Å². The van der Waals surface area contributed by atoms with Gasteiger partial charge in [0.15, 0.2) is 0 Å². The minimum atomic E-state index is -0.631. The van der Waals surface area contributed by atoms with Crippen molar-refractivity contribution in [2.75, 3.05) is 0 Å². The molecule has 0 spiro atoms. The molecule has 3 aromatic carbocycles. The van der Waals surface area contributed by atoms with E-state index in [0.717, 1.165) is 17.9 Å². The first-order valence-electron chi connectivity index (χ1n) is 11.0. The number of rotatable bonds is 3. The van der Waals surface area contributed by atoms with E-state index in [1.807, 2.05) is 13.8 Å². The van der Waals surface area contributed by atoms with Crippen LogP contribution in [0.3, 0.4) is 0 Å². The fourth-order valence-electron chi connectivity index (χ4n) is 5.99. The number of esters is 1. The maximum Gasteiger partial charge on any atom is 0.310 e. The third kappa shape index (κ3) is 2.96. The van der Waals surface area contributed by atoms with Crippen molar-refractivity contribution in [1.29, 1.82) is 0 Å². The number of hydrogen-bond acceptors (Lipinski definition) is 2. The van der Waals surface area contributed by atoms with E-state index >= 15 is 0 Å². The second-order valence-corrected chi connectivity index (χ2v) is 9.87. The molecule has 5 rings (SSSR count). The molecule has 2 nitrogen and oxygen atoms in total. The summed E-state index contributed by atoms with van der Waals surface area (Å²) in [4.78, 5) is 13.1. The summed E-state index contributed by atoms with van der Waals surface area (Å²) in [6.07, 6.45) is 2.21. The standard InChI is InChI=1S/C27H30O2/c1-16-17(2)24-14-20(16)15-25(24)26(28)29-27(3,4)21-11-12-23-19(13-21)10-9-18-7-5-6-8-22(18)23/h5-13,16-17,20,24-25H,14-15H2,1-4H3. The summed E-state index contributed by atoms with van der Waals surface area (Å²) in [6.45, 7) is 8.70. The molecule has 29 heavy (non-hydrogen) atoms. The zero-order chi connectivity index (χ0) is 20.3. The molecule has 0 aliphatic heterocycles. The average Bonchev–Trinajstić information content (AvgIpc) is 3.27. The number of carbonyl (C=O) groups excluding carboxylic acids is 1. The van der Waals surface area contributed by atoms with E-state index in [4.69, 9.17) is 4.74 Å². The predicted molar refractivity (Wildman–Crippen MR) is 119 cm³/mol. The molecule has 0 radical (unpaired) electrons. The molecule has 0 aromatic heterocycles. The van der Waals surface area contributed by atoms with E-state index in [1.54, 1.807) is 0 Å². The SMILES string of the molecule is CC1C2CC(C(=O)OC(C)(C)c3ccc4c(ccc5ccccc54)c3)C(C2)C1C. The summed E-state index contributed by atoms with van der Waals surface area (Å²) in [7, 11) is 0. The fraction of sp³-hybridized carbons (Fsp3) is 0.444. The molecule has 2 saturated carbocycles. The Bertz CT molecular complexity index is 1090. The van der Waals surface area contributed by atoms with Gasteiger partial charge < -0.3 is 4.74 Å². The number of benzene rings is 3. The molecule has 2 fully saturated rings. The van der Waals surface area contributed by atoms with E-state index in [1.165, 1.54) is 28.0 Å². The highest BCUT2D eigenvalue weighted by Crippen LogP contribution is 2.55. The maximum atomic E-state index is 13.1. The molecule has 150 valence electrons. The first kappa shape index (κ1) is 18.7. The van der Waals surface area contributed by atoms with Gasteiger partial charge in [-0.1, -0.05) is 62.4 Å². The molecule has 5 atom stereocenters. The van der Waals surface area contributed by atoms with Gasteiger partial charge in [-0.05, 0) is 83.5 Å². The van der Waals surface area contributed by atoms with Crippen LogP contribution in [0, 0.1) is 29.6 Å². The second-order valence-electron chi connectivity index (χ2n) is 9.87. The topological polar surface area (TPSA) is 26.3 Å². The average molecular weight is 387 g/mol. The lowest BCUT2D eigenvalue weighted by molar-refractivity contribution is -0.165. The molecule has 2 bridgehead atoms. The molecule has 0 heterocycles. The quantitative estimate of drug-likeness (QED) is 0.370. The lowest BCUT2D eigenvalue weighted by Gasteiger charge is -2.33. The summed E-state index contributed by atoms with van der Waals surface area (Å²) in [5.41, 5.74) is 0.423. The highest BCUT2D eigenvalue weighted by molar-refractivity contribution is 6.07. The van der Waals surface area contributed by atoms with Crippen LogP contribution < -0.4 is 0 Å². The van der Waals surface area contributed by atoms with Crippen LogP contribution in [-0.2, 0) is 15.1 Å². The lowest BCUT2D eigenvalue weighted by Crippen LogP contribution is -2.35. The molecule has 2 aliphatic carbocycles. The van der Waals surface area contributed by atoms with Crippen molar-refractivity contribution < 1.29 is 9.53 Å². The zero-order valence-corrected chi connectivity index (χ0v) is 17.8. The van der Waals surface area contributed by atoms with E-state index in [9.17, 15) is 4.79 Å². The van der Waals surface area contributed by atoms with Crippen molar-refractivity contribution in [3.05, 3.63) is 60.2 Å². The Morgan fingerprint density at radius 1 is 0.897 bits per heavy atom. The first-order chi connectivity index (χ1) is 13.8. The van der Waals surface area contributed by atoms with E-state index in [-0.39, 0.29) is 11.9 Å². The van der Waals surface area contributed by atoms with Gasteiger partial charge in [0.25, 0.3) is 0 Å². The highest BCUT2D eigenvalue weighted by Gasteiger charge is 2.52. The van der Waals surface area contributed by atoms with Gasteiger partial charge in [-0.25, -0.2) is 0 Å². The van der Waals surface area contributed by atoms with Crippen LogP contribution in [0.1, 0.15) is 46.1 Å². The Morgan fingerprint density at radius 2 is 1.62 bits per heavy atom. The third-order valence-electron chi connectivity index (χ3n) is 8.00. The summed E-state index contributed by atoms with van der Waals surface area (Å²) in [5.74, 6) is 2.65. The zero-order valence-electron chi connectivity index (χ0n) is 17.8. The number of hydrogen-bond donors (Lipinski definition) is 0. The lowest BCUT2D eigenvalue weighted by atomic mass is 9.75. The molecule has 3 aromatic rings. The minimum absolute atomic E-state index is 0.000131. The van der Waals surface area contributed by atoms with Crippen LogP contribution >= 0.6 is 0 Å². The van der Waals surface area contributed by atoms with Gasteiger partial charge in [-0.2, -0.15) is 0 Å². The normalized spacial score (nSPS) is 28.9. The molecule has 0 N–H and O–H groups in total. The van der Waals surface area contributed by atoms with Crippen LogP contribution in [0.15, 0.2) is 54.6 Å². The van der Waals surface area contributed by atoms with Crippen molar-refractivity contribution in [2.24, 2.45) is 29.6 Å². The van der Waals surface area contributed by atoms with Gasteiger partial charge in [-0.15, -0.1) is 0 Å². The largest absolute Gasteiger partial charge is 0.455 e. The van der Waals surface area contributed by atoms with Crippen molar-refractivity contribution in [1.82, 2.24) is 0 Å². The Balaban J connectivity index is 1.41. The second kappa shape index (κ2) is 6.58. The Morgan fingerprint density at radius 3 is 2.38 bits per heavy atom. The molecular formula is C27H30O2. The molecule has 5 unspecified atom stereocenters. The van der Waals surface area contributed by atoms with Gasteiger partial charge in [0.1, 0.15) is 5.60 Å². The Labute approximate surface area is 173 Å². The smallest absolute Gasteiger partial charge is 0.310 e. The highest BCUT2D eigenvalue weighted by atomic mass is 16.6. The Hall–Kier alpha value is -2.35. The Kier molecular flexibility index (Phi) is 4.24. The summed E-state index contributed by atoms with van der Waals surface area (Å²) in [6, 6.07) is 19.3. The van der Waals surface area contributed by atoms with Crippen molar-refractivity contribution in [3.63, 3.8) is 0 Å². The van der Waals surface area contributed by atoms with E-state index < -0.39 is 5.60 Å². The van der Waals surface area contributed by atoms with E-state index in [0.29, 0.717) is 17.8 Å². The van der Waals surface area contributed by atoms with Gasteiger partial charge in [0.05, 0.1) is 5.92 Å². The van der Waals surface area contributed by atoms with Gasteiger partial charge >= 0.3 is 5.97 Å². The van der Waals surface area contributed by atoms with Crippen molar-refractivity contribution in [2.45, 2.75) is 46.1 Å². The molecular weight excluding hydrogens is 356 g/mol. The van der Waals surface area contributed by atoms with Crippen LogP contribution in [0.4, 0.5) is 0 Å². The molecule has 2 aliphatic rings. The van der Waals surface area contributed by atoms with Gasteiger partial charge in [0, 0.05) is 0 Å². The molecule has 0 amide bonds. The van der Waals surface area contributed by atoms with Crippen molar-refractivity contribution in [3.8, 4) is 0 Å². The number of ether oxygens (including phenoxy) is 1. The minimum Gasteiger partial charge on any atom is -0.455 e. The van der Waals surface area contributed by atoms with Crippen LogP contribution in [0.5, 0.6) is 0 Å². The summed E-state index contributed by atoms with van der Waals surface area (Å²) < 4.78 is 6.14. The predicted octanol–water partition coefficient (Wildman–Crippen LogP) is 6.70.